The summed E-state index contributed by atoms with van der Waals surface area (Å²) >= 11 is 1.53. The molecule has 1 aromatic heterocycles. The van der Waals surface area contributed by atoms with Crippen molar-refractivity contribution in [2.45, 2.75) is 31.4 Å². The molecule has 0 aliphatic carbocycles. The normalized spacial score (nSPS) is 25.6. The van der Waals surface area contributed by atoms with Crippen LogP contribution in [0.2, 0.25) is 0 Å². The average Bonchev–Trinajstić information content (AvgIpc) is 2.98. The van der Waals surface area contributed by atoms with Gasteiger partial charge in [0.05, 0.1) is 17.2 Å². The van der Waals surface area contributed by atoms with Crippen molar-refractivity contribution in [3.63, 3.8) is 0 Å². The lowest BCUT2D eigenvalue weighted by Gasteiger charge is -2.47. The third-order valence-corrected chi connectivity index (χ3v) is 5.01. The molecule has 20 heavy (non-hydrogen) atoms. The van der Waals surface area contributed by atoms with Gasteiger partial charge in [0.25, 0.3) is 5.91 Å². The summed E-state index contributed by atoms with van der Waals surface area (Å²) in [5.41, 5.74) is 0.455. The van der Waals surface area contributed by atoms with Crippen molar-refractivity contribution < 1.29 is 14.3 Å². The Morgan fingerprint density at radius 1 is 1.50 bits per heavy atom. The zero-order chi connectivity index (χ0) is 14.2. The Morgan fingerprint density at radius 3 is 2.85 bits per heavy atom. The highest BCUT2D eigenvalue weighted by molar-refractivity contribution is 7.08. The van der Waals surface area contributed by atoms with E-state index in [0.29, 0.717) is 13.1 Å². The van der Waals surface area contributed by atoms with E-state index < -0.39 is 0 Å². The van der Waals surface area contributed by atoms with E-state index in [0.717, 1.165) is 18.4 Å². The first-order valence-corrected chi connectivity index (χ1v) is 7.80. The van der Waals surface area contributed by atoms with Crippen molar-refractivity contribution in [1.82, 2.24) is 10.2 Å². The zero-order valence-corrected chi connectivity index (χ0v) is 12.2. The number of nitrogens with one attached hydrogen (secondary N) is 1. The molecule has 2 aliphatic rings. The van der Waals surface area contributed by atoms with Gasteiger partial charge in [-0.05, 0) is 31.2 Å². The molecule has 3 rings (SSSR count). The van der Waals surface area contributed by atoms with Crippen LogP contribution in [-0.2, 0) is 9.53 Å². The number of rotatable bonds is 1. The Hall–Kier alpha value is -1.40. The Morgan fingerprint density at radius 2 is 2.25 bits per heavy atom. The number of ether oxygens (including phenoxy) is 1. The van der Waals surface area contributed by atoms with Crippen LogP contribution >= 0.6 is 11.3 Å². The van der Waals surface area contributed by atoms with Crippen LogP contribution in [0, 0.1) is 0 Å². The molecule has 1 spiro atoms. The predicted octanol–water partition coefficient (Wildman–Crippen LogP) is 1.26. The summed E-state index contributed by atoms with van der Waals surface area (Å²) in [5, 5.41) is 6.74. The molecular formula is C14H18N2O3S. The van der Waals surface area contributed by atoms with Crippen molar-refractivity contribution in [2.24, 2.45) is 0 Å². The maximum Gasteiger partial charge on any atom is 0.254 e. The fourth-order valence-corrected chi connectivity index (χ4v) is 3.61. The lowest BCUT2D eigenvalue weighted by molar-refractivity contribution is -0.158. The van der Waals surface area contributed by atoms with Crippen LogP contribution in [0.1, 0.15) is 30.1 Å². The standard InChI is InChI=1S/C14H18N2O3S/c1-10-14(19-8-12(17)15-10)3-5-16(6-4-14)13(18)11-2-7-20-9-11/h2,7,9-10H,3-6,8H2,1H3,(H,15,17)/t10-/m1/s1. The predicted molar refractivity (Wildman–Crippen MR) is 75.7 cm³/mol. The Bertz CT molecular complexity index is 506. The van der Waals surface area contributed by atoms with Gasteiger partial charge in [-0.3, -0.25) is 9.59 Å². The summed E-state index contributed by atoms with van der Waals surface area (Å²) in [6.45, 7) is 3.46. The highest BCUT2D eigenvalue weighted by Crippen LogP contribution is 2.32. The molecule has 5 nitrogen and oxygen atoms in total. The Labute approximate surface area is 121 Å². The number of piperidine rings is 1. The molecule has 0 radical (unpaired) electrons. The number of morpholine rings is 1. The zero-order valence-electron chi connectivity index (χ0n) is 11.4. The van der Waals surface area contributed by atoms with Crippen LogP contribution in [-0.4, -0.2) is 48.1 Å². The molecule has 1 N–H and O–H groups in total. The number of likely N-dealkylation sites (tertiary alicyclic amines) is 1. The molecule has 2 saturated heterocycles. The summed E-state index contributed by atoms with van der Waals surface area (Å²) < 4.78 is 5.80. The lowest BCUT2D eigenvalue weighted by atomic mass is 9.83. The monoisotopic (exact) mass is 294 g/mol. The van der Waals surface area contributed by atoms with Crippen molar-refractivity contribution in [1.29, 1.82) is 0 Å². The molecule has 1 aromatic rings. The molecular weight excluding hydrogens is 276 g/mol. The molecule has 108 valence electrons. The van der Waals surface area contributed by atoms with Crippen molar-refractivity contribution in [3.8, 4) is 0 Å². The van der Waals surface area contributed by atoms with Gasteiger partial charge >= 0.3 is 0 Å². The van der Waals surface area contributed by atoms with E-state index in [9.17, 15) is 9.59 Å². The number of nitrogens with zero attached hydrogens (tertiary/aromatic N) is 1. The smallest absolute Gasteiger partial charge is 0.254 e. The van der Waals surface area contributed by atoms with Crippen LogP contribution in [0.5, 0.6) is 0 Å². The van der Waals surface area contributed by atoms with Gasteiger partial charge in [0.15, 0.2) is 0 Å². The molecule has 1 atom stereocenters. The second-order valence-electron chi connectivity index (χ2n) is 5.45. The van der Waals surface area contributed by atoms with E-state index in [1.54, 1.807) is 0 Å². The maximum atomic E-state index is 12.3. The number of carbonyl (C=O) groups excluding carboxylic acids is 2. The van der Waals surface area contributed by atoms with Gasteiger partial charge in [0.1, 0.15) is 6.61 Å². The van der Waals surface area contributed by atoms with Gasteiger partial charge in [0, 0.05) is 18.5 Å². The van der Waals surface area contributed by atoms with Gasteiger partial charge in [0.2, 0.25) is 5.91 Å². The Balaban J connectivity index is 1.65. The SMILES string of the molecule is C[C@H]1NC(=O)COC12CCN(C(=O)c1ccsc1)CC2. The third-order valence-electron chi connectivity index (χ3n) is 4.32. The number of hydrogen-bond donors (Lipinski definition) is 1. The summed E-state index contributed by atoms with van der Waals surface area (Å²) in [4.78, 5) is 25.5. The molecule has 0 bridgehead atoms. The van der Waals surface area contributed by atoms with E-state index in [4.69, 9.17) is 4.74 Å². The molecule has 6 heteroatoms. The number of thiophene rings is 1. The van der Waals surface area contributed by atoms with E-state index >= 15 is 0 Å². The topological polar surface area (TPSA) is 58.6 Å². The van der Waals surface area contributed by atoms with Crippen LogP contribution in [0.15, 0.2) is 16.8 Å². The van der Waals surface area contributed by atoms with Gasteiger partial charge in [-0.25, -0.2) is 0 Å². The van der Waals surface area contributed by atoms with Crippen molar-refractivity contribution >= 4 is 23.2 Å². The molecule has 2 aliphatic heterocycles. The first-order valence-electron chi connectivity index (χ1n) is 6.85. The van der Waals surface area contributed by atoms with E-state index in [2.05, 4.69) is 5.32 Å². The maximum absolute atomic E-state index is 12.3. The number of hydrogen-bond acceptors (Lipinski definition) is 4. The fourth-order valence-electron chi connectivity index (χ4n) is 2.98. The van der Waals surface area contributed by atoms with E-state index in [1.807, 2.05) is 28.7 Å². The molecule has 2 fully saturated rings. The van der Waals surface area contributed by atoms with E-state index in [-0.39, 0.29) is 30.1 Å². The molecule has 0 unspecified atom stereocenters. The second kappa shape index (κ2) is 5.18. The van der Waals surface area contributed by atoms with Crippen LogP contribution in [0.4, 0.5) is 0 Å². The largest absolute Gasteiger partial charge is 0.363 e. The lowest BCUT2D eigenvalue weighted by Crippen LogP contribution is -2.63. The molecule has 0 saturated carbocycles. The number of amides is 2. The van der Waals surface area contributed by atoms with Crippen molar-refractivity contribution in [2.75, 3.05) is 19.7 Å². The van der Waals surface area contributed by atoms with Gasteiger partial charge in [-0.1, -0.05) is 0 Å². The van der Waals surface area contributed by atoms with Crippen LogP contribution in [0.25, 0.3) is 0 Å². The highest BCUT2D eigenvalue weighted by atomic mass is 32.1. The number of carbonyl (C=O) groups is 2. The minimum atomic E-state index is -0.306. The minimum absolute atomic E-state index is 0.00199. The first kappa shape index (κ1) is 13.6. The summed E-state index contributed by atoms with van der Waals surface area (Å²) in [7, 11) is 0. The quantitative estimate of drug-likeness (QED) is 0.848. The van der Waals surface area contributed by atoms with Gasteiger partial charge < -0.3 is 15.0 Å². The van der Waals surface area contributed by atoms with Crippen LogP contribution < -0.4 is 5.32 Å². The summed E-state index contributed by atoms with van der Waals surface area (Å²) in [5.74, 6) is 0.0357. The highest BCUT2D eigenvalue weighted by Gasteiger charge is 2.44. The summed E-state index contributed by atoms with van der Waals surface area (Å²) in [6.07, 6.45) is 1.54. The molecule has 2 amide bonds. The van der Waals surface area contributed by atoms with Crippen molar-refractivity contribution in [3.05, 3.63) is 22.4 Å². The average molecular weight is 294 g/mol. The van der Waals surface area contributed by atoms with Gasteiger partial charge in [-0.15, -0.1) is 0 Å². The molecule has 3 heterocycles. The first-order chi connectivity index (χ1) is 9.61. The third kappa shape index (κ3) is 2.33. The Kier molecular flexibility index (Phi) is 3.52. The second-order valence-corrected chi connectivity index (χ2v) is 6.23. The van der Waals surface area contributed by atoms with Gasteiger partial charge in [-0.2, -0.15) is 11.3 Å². The van der Waals surface area contributed by atoms with Crippen LogP contribution in [0.3, 0.4) is 0 Å². The molecule has 0 aromatic carbocycles. The summed E-state index contributed by atoms with van der Waals surface area (Å²) in [6, 6.07) is 1.86. The minimum Gasteiger partial charge on any atom is -0.363 e. The fraction of sp³-hybridized carbons (Fsp3) is 0.571. The van der Waals surface area contributed by atoms with E-state index in [1.165, 1.54) is 11.3 Å².